The van der Waals surface area contributed by atoms with Crippen molar-refractivity contribution in [2.75, 3.05) is 19.0 Å². The number of fused-ring (bicyclic) bond motifs is 1. The fourth-order valence-corrected chi connectivity index (χ4v) is 10.4. The van der Waals surface area contributed by atoms with E-state index >= 15 is 0 Å². The Balaban J connectivity index is 1.09. The molecule has 0 spiro atoms. The second kappa shape index (κ2) is 25.6. The summed E-state index contributed by atoms with van der Waals surface area (Å²) in [6.07, 6.45) is -8.75. The molecule has 9 rings (SSSR count). The topological polar surface area (TPSA) is 155 Å². The maximum Gasteiger partial charge on any atom is 0.338 e. The molecule has 2 amide bonds. The average Bonchev–Trinajstić information content (AvgIpc) is 3.68. The average molecular weight is 1020 g/mol. The largest absolute Gasteiger partial charge is 0.457 e. The van der Waals surface area contributed by atoms with Crippen LogP contribution in [-0.2, 0) is 73.9 Å². The summed E-state index contributed by atoms with van der Waals surface area (Å²) in [4.78, 5) is 57.2. The lowest BCUT2D eigenvalue weighted by atomic mass is 9.95. The predicted molar refractivity (Wildman–Crippen MR) is 274 cm³/mol. The molecule has 0 saturated carbocycles. The number of hydrogen-bond acceptors (Lipinski definition) is 14. The lowest BCUT2D eigenvalue weighted by Crippen LogP contribution is -2.66. The van der Waals surface area contributed by atoms with Crippen molar-refractivity contribution in [3.05, 3.63) is 215 Å². The van der Waals surface area contributed by atoms with Crippen LogP contribution in [0.3, 0.4) is 0 Å². The van der Waals surface area contributed by atoms with E-state index in [1.54, 1.807) is 54.6 Å². The van der Waals surface area contributed by atoms with Crippen LogP contribution in [0, 0.1) is 0 Å². The molecule has 0 N–H and O–H groups in total. The normalized spacial score (nSPS) is 24.5. The summed E-state index contributed by atoms with van der Waals surface area (Å²) in [7, 11) is 0. The highest BCUT2D eigenvalue weighted by Crippen LogP contribution is 2.40. The summed E-state index contributed by atoms with van der Waals surface area (Å²) < 4.78 is 60.2. The minimum Gasteiger partial charge on any atom is -0.457 e. The third-order valence-electron chi connectivity index (χ3n) is 12.9. The Morgan fingerprint density at radius 3 is 1.45 bits per heavy atom. The van der Waals surface area contributed by atoms with E-state index in [2.05, 4.69) is 0 Å². The highest BCUT2D eigenvalue weighted by molar-refractivity contribution is 7.99. The van der Waals surface area contributed by atoms with Gasteiger partial charge in [-0.05, 0) is 52.3 Å². The number of imide groups is 1. The van der Waals surface area contributed by atoms with E-state index in [4.69, 9.17) is 42.6 Å². The van der Waals surface area contributed by atoms with Gasteiger partial charge in [-0.3, -0.25) is 19.3 Å². The third-order valence-corrected chi connectivity index (χ3v) is 13.9. The Labute approximate surface area is 435 Å². The second-order valence-electron chi connectivity index (χ2n) is 18.0. The van der Waals surface area contributed by atoms with Gasteiger partial charge in [-0.25, -0.2) is 4.79 Å². The molecule has 6 aromatic rings. The van der Waals surface area contributed by atoms with E-state index < -0.39 is 84.2 Å². The van der Waals surface area contributed by atoms with Crippen LogP contribution in [-0.4, -0.2) is 108 Å². The van der Waals surface area contributed by atoms with Crippen LogP contribution in [0.25, 0.3) is 0 Å². The Kier molecular flexibility index (Phi) is 18.1. The number of nitrogens with zero attached hydrogens (tertiary/aromatic N) is 1. The Morgan fingerprint density at radius 1 is 0.500 bits per heavy atom. The van der Waals surface area contributed by atoms with Crippen molar-refractivity contribution < 1.29 is 61.8 Å². The van der Waals surface area contributed by atoms with Gasteiger partial charge in [0.1, 0.15) is 42.0 Å². The van der Waals surface area contributed by atoms with Crippen molar-refractivity contribution in [3.63, 3.8) is 0 Å². The smallest absolute Gasteiger partial charge is 0.338 e. The maximum atomic E-state index is 14.3. The molecule has 0 unspecified atom stereocenters. The van der Waals surface area contributed by atoms with Gasteiger partial charge in [0.15, 0.2) is 18.5 Å². The van der Waals surface area contributed by atoms with Gasteiger partial charge in [0, 0.05) is 6.92 Å². The van der Waals surface area contributed by atoms with Crippen molar-refractivity contribution in [2.45, 2.75) is 101 Å². The van der Waals surface area contributed by atoms with Gasteiger partial charge in [0.05, 0.1) is 56.3 Å². The molecule has 6 aromatic carbocycles. The molecule has 3 aliphatic rings. The van der Waals surface area contributed by atoms with E-state index in [-0.39, 0.29) is 56.3 Å². The number of esters is 2. The molecule has 2 saturated heterocycles. The van der Waals surface area contributed by atoms with E-state index in [9.17, 15) is 19.2 Å². The molecule has 0 radical (unpaired) electrons. The van der Waals surface area contributed by atoms with Crippen LogP contribution in [0.1, 0.15) is 67.2 Å². The van der Waals surface area contributed by atoms with Crippen molar-refractivity contribution in [1.82, 2.24) is 4.90 Å². The van der Waals surface area contributed by atoms with Crippen molar-refractivity contribution in [3.8, 4) is 0 Å². The number of rotatable bonds is 22. The number of amides is 2. The molecule has 3 heterocycles. The summed E-state index contributed by atoms with van der Waals surface area (Å²) in [5.74, 6) is -1.90. The molecule has 3 aliphatic heterocycles. The maximum absolute atomic E-state index is 14.3. The van der Waals surface area contributed by atoms with E-state index in [1.807, 2.05) is 128 Å². The Hall–Kier alpha value is -6.53. The Morgan fingerprint density at radius 2 is 0.946 bits per heavy atom. The zero-order valence-corrected chi connectivity index (χ0v) is 41.9. The predicted octanol–water partition coefficient (Wildman–Crippen LogP) is 9.00. The van der Waals surface area contributed by atoms with Gasteiger partial charge in [-0.15, -0.1) is 11.8 Å². The van der Waals surface area contributed by atoms with Crippen LogP contribution in [0.5, 0.6) is 0 Å². The number of carbonyl (C=O) groups is 4. The van der Waals surface area contributed by atoms with Crippen LogP contribution >= 0.6 is 11.8 Å². The first kappa shape index (κ1) is 52.3. The summed E-state index contributed by atoms with van der Waals surface area (Å²) >= 11 is 1.34. The SMILES string of the molecule is CCS[C@@H]1O[C@H](CO[C@@H]2O[C@H](COCc3ccccc3)[C@@H](OCc3ccccc3)[C@H](OCc3ccccc3)[C@H]2OC(=O)c2ccccc2)[C@@H](OCc2ccccc2)[C@H](OC(C)=O)[C@H]1N1C(=O)c2ccccc2C1=O. The quantitative estimate of drug-likeness (QED) is 0.0469. The van der Waals surface area contributed by atoms with Crippen LogP contribution in [0.4, 0.5) is 0 Å². The van der Waals surface area contributed by atoms with E-state index in [0.717, 1.165) is 27.2 Å². The van der Waals surface area contributed by atoms with Gasteiger partial charge in [0.25, 0.3) is 11.8 Å². The van der Waals surface area contributed by atoms with Gasteiger partial charge >= 0.3 is 11.9 Å². The molecule has 384 valence electrons. The molecular weight excluding hydrogens is 963 g/mol. The van der Waals surface area contributed by atoms with E-state index in [1.165, 1.54) is 18.7 Å². The molecule has 14 nitrogen and oxygen atoms in total. The molecule has 0 aromatic heterocycles. The summed E-state index contributed by atoms with van der Waals surface area (Å²) in [6.45, 7) is 3.51. The highest BCUT2D eigenvalue weighted by Gasteiger charge is 2.57. The molecule has 0 aliphatic carbocycles. The van der Waals surface area contributed by atoms with Gasteiger partial charge < -0.3 is 42.6 Å². The summed E-state index contributed by atoms with van der Waals surface area (Å²) in [5, 5.41) is 0. The number of carbonyl (C=O) groups excluding carboxylic acids is 4. The number of benzene rings is 6. The van der Waals surface area contributed by atoms with Gasteiger partial charge in [-0.1, -0.05) is 159 Å². The third kappa shape index (κ3) is 12.9. The fourth-order valence-electron chi connectivity index (χ4n) is 9.39. The standard InChI is InChI=1S/C59H59NO13S/c1-3-74-59-49(60-55(62)45-31-19-20-32-46(45)56(60)63)52(70-39(2)61)50(66-34-41-23-11-5-12-24-41)48(72-59)38-69-58-54(73-57(64)44-29-17-8-18-30-44)53(68-36-43-27-15-7-16-28-43)51(67-35-42-25-13-6-14-26-42)47(71-58)37-65-33-40-21-9-4-10-22-40/h4-32,47-54,58-59H,3,33-38H2,1-2H3/t47-,48-,49-,50-,51-,52-,53+,54-,58-,59+/m1/s1. The number of ether oxygens (including phenoxy) is 9. The molecule has 0 bridgehead atoms. The minimum absolute atomic E-state index is 0.0210. The first-order valence-corrected chi connectivity index (χ1v) is 25.8. The monoisotopic (exact) mass is 1020 g/mol. The fraction of sp³-hybridized carbons (Fsp3) is 0.322. The zero-order chi connectivity index (χ0) is 51.2. The lowest BCUT2D eigenvalue weighted by molar-refractivity contribution is -0.325. The van der Waals surface area contributed by atoms with Crippen molar-refractivity contribution >= 4 is 35.5 Å². The molecule has 15 heteroatoms. The molecule has 74 heavy (non-hydrogen) atoms. The lowest BCUT2D eigenvalue weighted by Gasteiger charge is -2.49. The van der Waals surface area contributed by atoms with Crippen LogP contribution in [0.15, 0.2) is 176 Å². The minimum atomic E-state index is -1.35. The van der Waals surface area contributed by atoms with Crippen LogP contribution < -0.4 is 0 Å². The first-order chi connectivity index (χ1) is 36.2. The van der Waals surface area contributed by atoms with Gasteiger partial charge in [-0.2, -0.15) is 0 Å². The number of thioether (sulfide) groups is 1. The van der Waals surface area contributed by atoms with Crippen LogP contribution in [0.2, 0.25) is 0 Å². The summed E-state index contributed by atoms with van der Waals surface area (Å²) in [6, 6.07) is 52.5. The molecule has 2 fully saturated rings. The molecular formula is C59H59NO13S. The second-order valence-corrected chi connectivity index (χ2v) is 19.4. The molecule has 10 atom stereocenters. The van der Waals surface area contributed by atoms with Crippen molar-refractivity contribution in [2.24, 2.45) is 0 Å². The number of hydrogen-bond donors (Lipinski definition) is 0. The zero-order valence-electron chi connectivity index (χ0n) is 41.1. The summed E-state index contributed by atoms with van der Waals surface area (Å²) in [5.41, 5.74) is 3.33. The highest BCUT2D eigenvalue weighted by atomic mass is 32.2. The van der Waals surface area contributed by atoms with Gasteiger partial charge in [0.2, 0.25) is 0 Å². The van der Waals surface area contributed by atoms with E-state index in [0.29, 0.717) is 5.75 Å². The first-order valence-electron chi connectivity index (χ1n) is 24.8. The van der Waals surface area contributed by atoms with Crippen molar-refractivity contribution in [1.29, 1.82) is 0 Å². The Bertz CT molecular complexity index is 2720.